The normalized spacial score (nSPS) is 29.9. The van der Waals surface area contributed by atoms with Crippen molar-refractivity contribution in [2.75, 3.05) is 13.7 Å². The molecule has 4 saturated carbocycles. The molecule has 1 heterocycles. The van der Waals surface area contributed by atoms with Gasteiger partial charge in [-0.3, -0.25) is 4.79 Å². The Kier molecular flexibility index (Phi) is 5.69. The van der Waals surface area contributed by atoms with Crippen molar-refractivity contribution in [1.29, 1.82) is 0 Å². The number of amides is 1. The quantitative estimate of drug-likeness (QED) is 0.624. The van der Waals surface area contributed by atoms with Gasteiger partial charge in [-0.1, -0.05) is 29.5 Å². The first-order valence-corrected chi connectivity index (χ1v) is 12.1. The maximum Gasteiger partial charge on any atom is 0.254 e. The van der Waals surface area contributed by atoms with Crippen molar-refractivity contribution in [3.8, 4) is 0 Å². The summed E-state index contributed by atoms with van der Waals surface area (Å²) in [5, 5.41) is 0. The van der Waals surface area contributed by atoms with E-state index in [4.69, 9.17) is 9.73 Å². The Balaban J connectivity index is 1.42. The minimum atomic E-state index is -0.241. The molecule has 4 aliphatic carbocycles. The van der Waals surface area contributed by atoms with E-state index in [9.17, 15) is 9.18 Å². The van der Waals surface area contributed by atoms with E-state index in [0.717, 1.165) is 52.3 Å². The number of halogens is 1. The number of carbonyl (C=O) groups is 1. The molecule has 6 heteroatoms. The fourth-order valence-electron chi connectivity index (χ4n) is 6.24. The van der Waals surface area contributed by atoms with Crippen molar-refractivity contribution >= 4 is 29.4 Å². The van der Waals surface area contributed by atoms with Gasteiger partial charge in [-0.05, 0) is 80.1 Å². The minimum Gasteiger partial charge on any atom is -0.383 e. The summed E-state index contributed by atoms with van der Waals surface area (Å²) in [4.78, 5) is 19.9. The average molecular weight is 441 g/mol. The maximum absolute atomic E-state index is 13.5. The number of ether oxygens (including phenoxy) is 1. The van der Waals surface area contributed by atoms with E-state index in [1.165, 1.54) is 42.7 Å². The standard InChI is InChI=1S/C25H29FN2O2S/c1-30-9-8-28-16-22(7-4-17-2-5-21(26)6-3-17)31-24(28)27-23(29)25-13-18-10-19(14-25)12-20(11-18)15-25/h2-7,16,18-20H,8-15H2,1H3. The van der Waals surface area contributed by atoms with Crippen LogP contribution in [-0.2, 0) is 16.1 Å². The van der Waals surface area contributed by atoms with Crippen LogP contribution in [0.1, 0.15) is 49.0 Å². The highest BCUT2D eigenvalue weighted by atomic mass is 32.1. The molecule has 0 unspecified atom stereocenters. The van der Waals surface area contributed by atoms with Crippen LogP contribution in [0, 0.1) is 29.0 Å². The van der Waals surface area contributed by atoms with Crippen molar-refractivity contribution in [2.24, 2.45) is 28.2 Å². The van der Waals surface area contributed by atoms with Crippen molar-refractivity contribution < 1.29 is 13.9 Å². The number of nitrogens with zero attached hydrogens (tertiary/aromatic N) is 2. The van der Waals surface area contributed by atoms with Gasteiger partial charge in [0.1, 0.15) is 5.82 Å². The van der Waals surface area contributed by atoms with Crippen LogP contribution in [0.25, 0.3) is 12.2 Å². The first kappa shape index (κ1) is 20.8. The third-order valence-corrected chi connectivity index (χ3v) is 8.26. The predicted octanol–water partition coefficient (Wildman–Crippen LogP) is 5.15. The van der Waals surface area contributed by atoms with Crippen LogP contribution in [0.2, 0.25) is 0 Å². The summed E-state index contributed by atoms with van der Waals surface area (Å²) in [6.07, 6.45) is 13.0. The second-order valence-corrected chi connectivity index (χ2v) is 10.6. The van der Waals surface area contributed by atoms with Crippen molar-refractivity contribution in [3.63, 3.8) is 0 Å². The Morgan fingerprint density at radius 2 is 1.81 bits per heavy atom. The Morgan fingerprint density at radius 3 is 2.42 bits per heavy atom. The SMILES string of the molecule is COCCn1cc(C=Cc2ccc(F)cc2)sc1=NC(=O)C12CC3CC(CC(C3)C1)C2. The molecule has 1 amide bonds. The topological polar surface area (TPSA) is 43.6 Å². The van der Waals surface area contributed by atoms with Crippen LogP contribution in [0.15, 0.2) is 35.5 Å². The summed E-state index contributed by atoms with van der Waals surface area (Å²) < 4.78 is 20.4. The number of benzene rings is 1. The highest BCUT2D eigenvalue weighted by molar-refractivity contribution is 7.10. The van der Waals surface area contributed by atoms with E-state index in [0.29, 0.717) is 13.2 Å². The van der Waals surface area contributed by atoms with Gasteiger partial charge in [0, 0.05) is 24.7 Å². The molecule has 2 aromatic rings. The Morgan fingerprint density at radius 1 is 1.16 bits per heavy atom. The van der Waals surface area contributed by atoms with Gasteiger partial charge in [-0.15, -0.1) is 0 Å². The van der Waals surface area contributed by atoms with Gasteiger partial charge in [-0.25, -0.2) is 4.39 Å². The number of rotatable bonds is 6. The van der Waals surface area contributed by atoms with E-state index in [-0.39, 0.29) is 17.1 Å². The first-order valence-electron chi connectivity index (χ1n) is 11.2. The molecule has 0 atom stereocenters. The second-order valence-electron chi connectivity index (χ2n) is 9.60. The Hall–Kier alpha value is -2.05. The monoisotopic (exact) mass is 440 g/mol. The molecule has 4 bridgehead atoms. The smallest absolute Gasteiger partial charge is 0.254 e. The number of methoxy groups -OCH3 is 1. The number of thiazole rings is 1. The Bertz CT molecular complexity index is 1010. The molecule has 31 heavy (non-hydrogen) atoms. The molecule has 4 nitrogen and oxygen atoms in total. The third-order valence-electron chi connectivity index (χ3n) is 7.27. The van der Waals surface area contributed by atoms with Crippen LogP contribution >= 0.6 is 11.3 Å². The molecular formula is C25H29FN2O2S. The zero-order chi connectivity index (χ0) is 21.4. The van der Waals surface area contributed by atoms with Crippen molar-refractivity contribution in [3.05, 3.63) is 51.5 Å². The van der Waals surface area contributed by atoms with Crippen molar-refractivity contribution in [1.82, 2.24) is 4.57 Å². The van der Waals surface area contributed by atoms with Gasteiger partial charge in [0.15, 0.2) is 4.80 Å². The molecule has 164 valence electrons. The molecule has 6 rings (SSSR count). The van der Waals surface area contributed by atoms with Crippen LogP contribution in [0.5, 0.6) is 0 Å². The van der Waals surface area contributed by atoms with Crippen molar-refractivity contribution in [2.45, 2.75) is 45.1 Å². The van der Waals surface area contributed by atoms with Gasteiger partial charge in [0.05, 0.1) is 12.0 Å². The van der Waals surface area contributed by atoms with Gasteiger partial charge in [-0.2, -0.15) is 4.99 Å². The van der Waals surface area contributed by atoms with Crippen LogP contribution in [0.3, 0.4) is 0 Å². The largest absolute Gasteiger partial charge is 0.383 e. The summed E-state index contributed by atoms with van der Waals surface area (Å²) >= 11 is 1.52. The fraction of sp³-hybridized carbons (Fsp3) is 0.520. The molecule has 1 aromatic carbocycles. The number of carbonyl (C=O) groups excluding carboxylic acids is 1. The molecule has 4 aliphatic rings. The number of aromatic nitrogens is 1. The van der Waals surface area contributed by atoms with E-state index in [1.54, 1.807) is 19.2 Å². The molecule has 0 N–H and O–H groups in total. The summed E-state index contributed by atoms with van der Waals surface area (Å²) in [6, 6.07) is 6.41. The minimum absolute atomic E-state index is 0.0914. The van der Waals surface area contributed by atoms with Gasteiger partial charge >= 0.3 is 0 Å². The second kappa shape index (κ2) is 8.47. The van der Waals surface area contributed by atoms with Crippen LogP contribution < -0.4 is 4.80 Å². The lowest BCUT2D eigenvalue weighted by Gasteiger charge is -2.55. The lowest BCUT2D eigenvalue weighted by molar-refractivity contribution is -0.142. The highest BCUT2D eigenvalue weighted by Gasteiger charge is 2.54. The summed E-state index contributed by atoms with van der Waals surface area (Å²) in [6.45, 7) is 1.22. The molecule has 0 spiro atoms. The maximum atomic E-state index is 13.5. The number of hydrogen-bond donors (Lipinski definition) is 0. The van der Waals surface area contributed by atoms with Crippen LogP contribution in [0.4, 0.5) is 4.39 Å². The van der Waals surface area contributed by atoms with E-state index < -0.39 is 0 Å². The molecule has 1 aromatic heterocycles. The van der Waals surface area contributed by atoms with E-state index in [2.05, 4.69) is 0 Å². The summed E-state index contributed by atoms with van der Waals surface area (Å²) in [5.41, 5.74) is 0.712. The highest BCUT2D eigenvalue weighted by Crippen LogP contribution is 2.60. The number of hydrogen-bond acceptors (Lipinski definition) is 3. The van der Waals surface area contributed by atoms with E-state index >= 15 is 0 Å². The average Bonchev–Trinajstić information content (AvgIpc) is 3.12. The van der Waals surface area contributed by atoms with Gasteiger partial charge in [0.25, 0.3) is 5.91 Å². The molecular weight excluding hydrogens is 411 g/mol. The zero-order valence-corrected chi connectivity index (χ0v) is 18.7. The third kappa shape index (κ3) is 4.33. The zero-order valence-electron chi connectivity index (χ0n) is 17.9. The molecule has 4 fully saturated rings. The lowest BCUT2D eigenvalue weighted by Crippen LogP contribution is -2.50. The van der Waals surface area contributed by atoms with Gasteiger partial charge < -0.3 is 9.30 Å². The Labute approximate surface area is 186 Å². The summed E-state index contributed by atoms with van der Waals surface area (Å²) in [5.74, 6) is 2.03. The molecule has 0 saturated heterocycles. The summed E-state index contributed by atoms with van der Waals surface area (Å²) in [7, 11) is 1.68. The molecule has 0 radical (unpaired) electrons. The lowest BCUT2D eigenvalue weighted by atomic mass is 9.49. The predicted molar refractivity (Wildman–Crippen MR) is 121 cm³/mol. The molecule has 0 aliphatic heterocycles. The van der Waals surface area contributed by atoms with E-state index in [1.807, 2.05) is 22.9 Å². The van der Waals surface area contributed by atoms with Crippen LogP contribution in [-0.4, -0.2) is 24.2 Å². The van der Waals surface area contributed by atoms with Gasteiger partial charge in [0.2, 0.25) is 0 Å². The first-order chi connectivity index (χ1) is 15.0. The fourth-order valence-corrected chi connectivity index (χ4v) is 7.16.